The first-order valence-corrected chi connectivity index (χ1v) is 6.07. The number of hydrogen-bond acceptors (Lipinski definition) is 4. The third-order valence-corrected chi connectivity index (χ3v) is 2.75. The fourth-order valence-electron chi connectivity index (χ4n) is 1.53. The minimum atomic E-state index is -0.389. The molecular weight excluding hydrogens is 264 g/mol. The zero-order valence-corrected chi connectivity index (χ0v) is 11.3. The Balaban J connectivity index is 2.25. The smallest absolute Gasteiger partial charge is 0.277 e. The van der Waals surface area contributed by atoms with Crippen LogP contribution in [0.5, 0.6) is 0 Å². The van der Waals surface area contributed by atoms with Crippen molar-refractivity contribution in [2.24, 2.45) is 0 Å². The number of nitrogens with one attached hydrogen (secondary N) is 2. The first-order chi connectivity index (χ1) is 9.10. The van der Waals surface area contributed by atoms with Crippen molar-refractivity contribution in [2.45, 2.75) is 6.92 Å². The number of halogens is 1. The molecule has 0 aliphatic carbocycles. The molecule has 0 saturated carbocycles. The number of rotatable bonds is 3. The van der Waals surface area contributed by atoms with Gasteiger partial charge in [0, 0.05) is 12.7 Å². The monoisotopic (exact) mass is 276 g/mol. The van der Waals surface area contributed by atoms with Crippen molar-refractivity contribution >= 4 is 29.1 Å². The van der Waals surface area contributed by atoms with Crippen LogP contribution in [0.4, 0.5) is 11.6 Å². The lowest BCUT2D eigenvalue weighted by atomic mass is 10.3. The van der Waals surface area contributed by atoms with Crippen molar-refractivity contribution < 1.29 is 4.79 Å². The largest absolute Gasteiger partial charge is 0.373 e. The second-order valence-electron chi connectivity index (χ2n) is 3.90. The first kappa shape index (κ1) is 13.3. The fraction of sp³-hybridized carbons (Fsp3) is 0.154. The summed E-state index contributed by atoms with van der Waals surface area (Å²) in [6, 6.07) is 8.70. The molecule has 2 heterocycles. The summed E-state index contributed by atoms with van der Waals surface area (Å²) in [6.45, 7) is 1.85. The van der Waals surface area contributed by atoms with Gasteiger partial charge in [0.1, 0.15) is 17.3 Å². The van der Waals surface area contributed by atoms with Gasteiger partial charge in [-0.15, -0.1) is 0 Å². The molecule has 5 nitrogen and oxygen atoms in total. The molecule has 2 aromatic heterocycles. The van der Waals surface area contributed by atoms with E-state index in [1.165, 1.54) is 0 Å². The van der Waals surface area contributed by atoms with E-state index in [1.807, 2.05) is 19.1 Å². The van der Waals surface area contributed by atoms with E-state index in [9.17, 15) is 4.79 Å². The van der Waals surface area contributed by atoms with E-state index in [0.29, 0.717) is 16.7 Å². The maximum atomic E-state index is 12.1. The number of anilines is 2. The summed E-state index contributed by atoms with van der Waals surface area (Å²) in [4.78, 5) is 20.4. The van der Waals surface area contributed by atoms with E-state index in [0.717, 1.165) is 5.69 Å². The lowest BCUT2D eigenvalue weighted by Gasteiger charge is -2.07. The second kappa shape index (κ2) is 5.67. The molecule has 19 heavy (non-hydrogen) atoms. The molecule has 2 N–H and O–H groups in total. The molecule has 0 saturated heterocycles. The summed E-state index contributed by atoms with van der Waals surface area (Å²) in [5, 5.41) is 5.82. The average Bonchev–Trinajstić information content (AvgIpc) is 2.39. The van der Waals surface area contributed by atoms with Gasteiger partial charge in [0.15, 0.2) is 0 Å². The van der Waals surface area contributed by atoms with E-state index < -0.39 is 0 Å². The van der Waals surface area contributed by atoms with Crippen LogP contribution < -0.4 is 10.6 Å². The summed E-state index contributed by atoms with van der Waals surface area (Å²) in [5.74, 6) is 0.657. The van der Waals surface area contributed by atoms with E-state index in [-0.39, 0.29) is 11.6 Å². The highest BCUT2D eigenvalue weighted by Crippen LogP contribution is 2.17. The minimum Gasteiger partial charge on any atom is -0.373 e. The van der Waals surface area contributed by atoms with Crippen molar-refractivity contribution in [2.75, 3.05) is 17.7 Å². The number of hydrogen-bond donors (Lipinski definition) is 2. The highest BCUT2D eigenvalue weighted by molar-refractivity contribution is 6.34. The molecule has 0 bridgehead atoms. The number of nitrogens with zero attached hydrogens (tertiary/aromatic N) is 2. The van der Waals surface area contributed by atoms with Crippen LogP contribution in [0.25, 0.3) is 0 Å². The number of aromatic nitrogens is 2. The lowest BCUT2D eigenvalue weighted by Crippen LogP contribution is -2.16. The van der Waals surface area contributed by atoms with Crippen molar-refractivity contribution in [3.63, 3.8) is 0 Å². The second-order valence-corrected chi connectivity index (χ2v) is 4.30. The van der Waals surface area contributed by atoms with Gasteiger partial charge in [0.05, 0.1) is 5.02 Å². The normalized spacial score (nSPS) is 10.1. The molecule has 6 heteroatoms. The zero-order chi connectivity index (χ0) is 13.8. The zero-order valence-electron chi connectivity index (χ0n) is 10.6. The molecular formula is C13H13ClN4O. The van der Waals surface area contributed by atoms with Crippen LogP contribution in [0.15, 0.2) is 30.3 Å². The predicted molar refractivity (Wildman–Crippen MR) is 75.7 cm³/mol. The van der Waals surface area contributed by atoms with Gasteiger partial charge in [-0.1, -0.05) is 17.7 Å². The van der Waals surface area contributed by atoms with Gasteiger partial charge < -0.3 is 10.6 Å². The fourth-order valence-corrected chi connectivity index (χ4v) is 1.72. The van der Waals surface area contributed by atoms with Crippen molar-refractivity contribution in [3.05, 3.63) is 46.7 Å². The maximum Gasteiger partial charge on any atom is 0.277 e. The van der Waals surface area contributed by atoms with Crippen LogP contribution in [0.3, 0.4) is 0 Å². The average molecular weight is 277 g/mol. The number of amides is 1. The van der Waals surface area contributed by atoms with Crippen LogP contribution in [-0.2, 0) is 0 Å². The Labute approximate surface area is 116 Å². The predicted octanol–water partition coefficient (Wildman–Crippen LogP) is 2.73. The molecule has 0 unspecified atom stereocenters. The lowest BCUT2D eigenvalue weighted by molar-refractivity contribution is 0.102. The van der Waals surface area contributed by atoms with Crippen molar-refractivity contribution in [1.82, 2.24) is 9.97 Å². The summed E-state index contributed by atoms with van der Waals surface area (Å²) in [7, 11) is 1.72. The summed E-state index contributed by atoms with van der Waals surface area (Å²) in [5.41, 5.74) is 0.984. The SMILES string of the molecule is CNc1ccc(Cl)c(C(=O)Nc2cccc(C)n2)n1. The quantitative estimate of drug-likeness (QED) is 0.905. The molecule has 98 valence electrons. The third-order valence-electron chi connectivity index (χ3n) is 2.45. The summed E-state index contributed by atoms with van der Waals surface area (Å²) < 4.78 is 0. The van der Waals surface area contributed by atoms with Crippen molar-refractivity contribution in [1.29, 1.82) is 0 Å². The van der Waals surface area contributed by atoms with Crippen LogP contribution >= 0.6 is 11.6 Å². The Morgan fingerprint density at radius 3 is 2.63 bits per heavy atom. The molecule has 0 aliphatic heterocycles. The highest BCUT2D eigenvalue weighted by Gasteiger charge is 2.13. The molecule has 2 rings (SSSR count). The highest BCUT2D eigenvalue weighted by atomic mass is 35.5. The van der Waals surface area contributed by atoms with Gasteiger partial charge in [-0.05, 0) is 31.2 Å². The Morgan fingerprint density at radius 1 is 1.16 bits per heavy atom. The molecule has 0 aromatic carbocycles. The van der Waals surface area contributed by atoms with Crippen LogP contribution in [0.2, 0.25) is 5.02 Å². The molecule has 0 fully saturated rings. The molecule has 0 atom stereocenters. The van der Waals surface area contributed by atoms with Crippen LogP contribution in [0, 0.1) is 6.92 Å². The summed E-state index contributed by atoms with van der Waals surface area (Å²) >= 11 is 5.97. The number of carbonyl (C=O) groups is 1. The standard InChI is InChI=1S/C13H13ClN4O/c1-8-4-3-5-11(16-8)18-13(19)12-9(14)6-7-10(15-2)17-12/h3-7H,1-2H3,(H,15,17)(H,16,18,19). The minimum absolute atomic E-state index is 0.164. The Morgan fingerprint density at radius 2 is 1.95 bits per heavy atom. The van der Waals surface area contributed by atoms with Gasteiger partial charge in [-0.3, -0.25) is 4.79 Å². The topological polar surface area (TPSA) is 66.9 Å². The van der Waals surface area contributed by atoms with E-state index in [4.69, 9.17) is 11.6 Å². The maximum absolute atomic E-state index is 12.1. The van der Waals surface area contributed by atoms with Crippen molar-refractivity contribution in [3.8, 4) is 0 Å². The number of aryl methyl sites for hydroxylation is 1. The first-order valence-electron chi connectivity index (χ1n) is 5.69. The molecule has 1 amide bonds. The third kappa shape index (κ3) is 3.20. The molecule has 0 aliphatic rings. The Bertz CT molecular complexity index is 615. The van der Waals surface area contributed by atoms with E-state index in [2.05, 4.69) is 20.6 Å². The Kier molecular flexibility index (Phi) is 3.97. The molecule has 2 aromatic rings. The molecule has 0 radical (unpaired) electrons. The Hall–Kier alpha value is -2.14. The number of pyridine rings is 2. The van der Waals surface area contributed by atoms with Gasteiger partial charge in [0.25, 0.3) is 5.91 Å². The van der Waals surface area contributed by atoms with Crippen LogP contribution in [-0.4, -0.2) is 22.9 Å². The van der Waals surface area contributed by atoms with E-state index >= 15 is 0 Å². The van der Waals surface area contributed by atoms with E-state index in [1.54, 1.807) is 25.2 Å². The van der Waals surface area contributed by atoms with Gasteiger partial charge >= 0.3 is 0 Å². The molecule has 0 spiro atoms. The van der Waals surface area contributed by atoms with Gasteiger partial charge in [0.2, 0.25) is 0 Å². The van der Waals surface area contributed by atoms with Crippen LogP contribution in [0.1, 0.15) is 16.2 Å². The summed E-state index contributed by atoms with van der Waals surface area (Å²) in [6.07, 6.45) is 0. The number of carbonyl (C=O) groups excluding carboxylic acids is 1. The van der Waals surface area contributed by atoms with Gasteiger partial charge in [-0.25, -0.2) is 9.97 Å². The van der Waals surface area contributed by atoms with Gasteiger partial charge in [-0.2, -0.15) is 0 Å².